The summed E-state index contributed by atoms with van der Waals surface area (Å²) in [5, 5.41) is 6.55. The maximum Gasteiger partial charge on any atom is 0.182 e. The number of hydrazone groups is 1. The van der Waals surface area contributed by atoms with Crippen molar-refractivity contribution in [3.63, 3.8) is 0 Å². The Hall–Kier alpha value is -2.73. The molecule has 1 aliphatic heterocycles. The minimum Gasteiger partial charge on any atom is -0.494 e. The molecule has 4 rings (SSSR count). The molecule has 0 radical (unpaired) electrons. The van der Waals surface area contributed by atoms with E-state index in [1.807, 2.05) is 30.5 Å². The summed E-state index contributed by atoms with van der Waals surface area (Å²) in [7, 11) is 1.65. The summed E-state index contributed by atoms with van der Waals surface area (Å²) in [6.45, 7) is 2.17. The maximum atomic E-state index is 5.35. The van der Waals surface area contributed by atoms with Gasteiger partial charge >= 0.3 is 0 Å². The van der Waals surface area contributed by atoms with Crippen LogP contribution in [0.1, 0.15) is 18.1 Å². The number of aromatic amines is 1. The summed E-state index contributed by atoms with van der Waals surface area (Å²) in [5.74, 6) is 1.52. The van der Waals surface area contributed by atoms with E-state index in [1.165, 1.54) is 16.5 Å². The van der Waals surface area contributed by atoms with Gasteiger partial charge in [0.1, 0.15) is 11.4 Å². The molecule has 0 saturated heterocycles. The van der Waals surface area contributed by atoms with Gasteiger partial charge in [-0.2, -0.15) is 5.10 Å². The number of rotatable bonds is 4. The SMILES string of the molecule is CCc1cccc2c(C3=NNC(=Nc4ccccc4OC)SC3)c[nH]c12. The largest absolute Gasteiger partial charge is 0.494 e. The number of benzene rings is 2. The molecule has 0 unspecified atom stereocenters. The van der Waals surface area contributed by atoms with Gasteiger partial charge in [0.15, 0.2) is 5.17 Å². The quantitative estimate of drug-likeness (QED) is 0.718. The van der Waals surface area contributed by atoms with Gasteiger partial charge < -0.3 is 9.72 Å². The van der Waals surface area contributed by atoms with Gasteiger partial charge in [0.05, 0.1) is 12.8 Å². The van der Waals surface area contributed by atoms with Crippen LogP contribution < -0.4 is 10.2 Å². The number of nitrogens with zero attached hydrogens (tertiary/aromatic N) is 2. The van der Waals surface area contributed by atoms with Gasteiger partial charge in [-0.25, -0.2) is 4.99 Å². The standard InChI is InChI=1S/C20H20N4OS/c1-3-13-7-6-8-14-15(11-21-19(13)14)17-12-26-20(24-23-17)22-16-9-4-5-10-18(16)25-2/h4-11,21H,3,12H2,1-2H3,(H,22,24). The Kier molecular flexibility index (Phi) is 4.67. The van der Waals surface area contributed by atoms with E-state index in [4.69, 9.17) is 4.74 Å². The van der Waals surface area contributed by atoms with E-state index in [1.54, 1.807) is 18.9 Å². The Balaban J connectivity index is 1.61. The highest BCUT2D eigenvalue weighted by Gasteiger charge is 2.17. The van der Waals surface area contributed by atoms with Crippen LogP contribution in [0.15, 0.2) is 58.8 Å². The summed E-state index contributed by atoms with van der Waals surface area (Å²) in [4.78, 5) is 8.03. The molecule has 132 valence electrons. The number of hydrogen-bond donors (Lipinski definition) is 2. The molecule has 0 atom stereocenters. The molecule has 3 aromatic rings. The first-order valence-corrected chi connectivity index (χ1v) is 9.55. The van der Waals surface area contributed by atoms with Crippen molar-refractivity contribution in [2.75, 3.05) is 12.9 Å². The van der Waals surface area contributed by atoms with Crippen molar-refractivity contribution in [1.82, 2.24) is 10.4 Å². The maximum absolute atomic E-state index is 5.35. The third-order valence-electron chi connectivity index (χ3n) is 4.43. The molecule has 26 heavy (non-hydrogen) atoms. The highest BCUT2D eigenvalue weighted by Crippen LogP contribution is 2.29. The molecule has 1 aromatic heterocycles. The minimum absolute atomic E-state index is 0.751. The molecular formula is C20H20N4OS. The number of ether oxygens (including phenoxy) is 1. The second-order valence-corrected chi connectivity index (χ2v) is 6.91. The Morgan fingerprint density at radius 2 is 2.08 bits per heavy atom. The lowest BCUT2D eigenvalue weighted by molar-refractivity contribution is 0.416. The molecule has 0 fully saturated rings. The minimum atomic E-state index is 0.751. The number of nitrogens with one attached hydrogen (secondary N) is 2. The summed E-state index contributed by atoms with van der Waals surface area (Å²) in [6.07, 6.45) is 3.06. The van der Waals surface area contributed by atoms with Gasteiger partial charge in [0.25, 0.3) is 0 Å². The number of thioether (sulfide) groups is 1. The first-order valence-electron chi connectivity index (χ1n) is 8.56. The zero-order valence-corrected chi connectivity index (χ0v) is 15.6. The van der Waals surface area contributed by atoms with Crippen LogP contribution in [-0.4, -0.2) is 28.7 Å². The summed E-state index contributed by atoms with van der Waals surface area (Å²) in [6, 6.07) is 14.1. The van der Waals surface area contributed by atoms with Crippen LogP contribution in [0.5, 0.6) is 5.75 Å². The Morgan fingerprint density at radius 1 is 1.19 bits per heavy atom. The van der Waals surface area contributed by atoms with Crippen molar-refractivity contribution >= 4 is 39.2 Å². The van der Waals surface area contributed by atoms with Crippen LogP contribution in [0.3, 0.4) is 0 Å². The van der Waals surface area contributed by atoms with Crippen molar-refractivity contribution in [2.45, 2.75) is 13.3 Å². The highest BCUT2D eigenvalue weighted by molar-refractivity contribution is 8.14. The fourth-order valence-electron chi connectivity index (χ4n) is 3.09. The fourth-order valence-corrected chi connectivity index (χ4v) is 3.86. The lowest BCUT2D eigenvalue weighted by Gasteiger charge is -2.15. The van der Waals surface area contributed by atoms with Crippen LogP contribution in [0.25, 0.3) is 10.9 Å². The van der Waals surface area contributed by atoms with E-state index in [2.05, 4.69) is 45.6 Å². The molecule has 6 heteroatoms. The predicted octanol–water partition coefficient (Wildman–Crippen LogP) is 4.47. The average Bonchev–Trinajstić information content (AvgIpc) is 3.13. The Morgan fingerprint density at radius 3 is 2.85 bits per heavy atom. The van der Waals surface area contributed by atoms with Crippen molar-refractivity contribution in [3.8, 4) is 5.75 Å². The molecule has 2 heterocycles. The number of H-pyrrole nitrogens is 1. The van der Waals surface area contributed by atoms with Crippen molar-refractivity contribution < 1.29 is 4.74 Å². The van der Waals surface area contributed by atoms with Gasteiger partial charge in [-0.1, -0.05) is 49.0 Å². The predicted molar refractivity (Wildman–Crippen MR) is 110 cm³/mol. The summed E-state index contributed by atoms with van der Waals surface area (Å²) >= 11 is 1.64. The van der Waals surface area contributed by atoms with Crippen molar-refractivity contribution in [3.05, 3.63) is 59.8 Å². The first kappa shape index (κ1) is 16.7. The molecule has 1 aliphatic rings. The molecule has 0 spiro atoms. The molecule has 0 amide bonds. The normalized spacial score (nSPS) is 15.8. The van der Waals surface area contributed by atoms with Crippen LogP contribution >= 0.6 is 11.8 Å². The van der Waals surface area contributed by atoms with Crippen LogP contribution in [0.4, 0.5) is 5.69 Å². The average molecular weight is 364 g/mol. The number of methoxy groups -OCH3 is 1. The monoisotopic (exact) mass is 364 g/mol. The molecule has 5 nitrogen and oxygen atoms in total. The summed E-state index contributed by atoms with van der Waals surface area (Å²) in [5.41, 5.74) is 8.57. The molecule has 0 bridgehead atoms. The third kappa shape index (κ3) is 3.08. The number of fused-ring (bicyclic) bond motifs is 1. The number of amidine groups is 1. The molecule has 2 N–H and O–H groups in total. The van der Waals surface area contributed by atoms with E-state index in [0.29, 0.717) is 0 Å². The lowest BCUT2D eigenvalue weighted by atomic mass is 10.1. The van der Waals surface area contributed by atoms with Crippen LogP contribution in [0, 0.1) is 0 Å². The number of aromatic nitrogens is 1. The smallest absolute Gasteiger partial charge is 0.182 e. The first-order chi connectivity index (χ1) is 12.8. The van der Waals surface area contributed by atoms with E-state index in [0.717, 1.165) is 40.1 Å². The third-order valence-corrected chi connectivity index (χ3v) is 5.31. The number of hydrogen-bond acceptors (Lipinski definition) is 4. The highest BCUT2D eigenvalue weighted by atomic mass is 32.2. The molecular weight excluding hydrogens is 344 g/mol. The summed E-state index contributed by atoms with van der Waals surface area (Å²) < 4.78 is 5.35. The van der Waals surface area contributed by atoms with Crippen LogP contribution in [0.2, 0.25) is 0 Å². The van der Waals surface area contributed by atoms with E-state index in [-0.39, 0.29) is 0 Å². The fraction of sp³-hybridized carbons (Fsp3) is 0.200. The van der Waals surface area contributed by atoms with Gasteiger partial charge in [0, 0.05) is 28.4 Å². The topological polar surface area (TPSA) is 61.8 Å². The van der Waals surface area contributed by atoms with E-state index >= 15 is 0 Å². The molecule has 0 aliphatic carbocycles. The number of para-hydroxylation sites is 3. The second kappa shape index (κ2) is 7.25. The second-order valence-electron chi connectivity index (χ2n) is 5.94. The Labute approximate surface area is 156 Å². The number of aryl methyl sites for hydroxylation is 1. The lowest BCUT2D eigenvalue weighted by Crippen LogP contribution is -2.25. The number of aliphatic imine (C=N–C) groups is 1. The van der Waals surface area contributed by atoms with Crippen LogP contribution in [-0.2, 0) is 6.42 Å². The van der Waals surface area contributed by atoms with Crippen molar-refractivity contribution in [2.24, 2.45) is 10.1 Å². The van der Waals surface area contributed by atoms with Gasteiger partial charge in [-0.15, -0.1) is 0 Å². The van der Waals surface area contributed by atoms with E-state index < -0.39 is 0 Å². The zero-order valence-electron chi connectivity index (χ0n) is 14.7. The zero-order chi connectivity index (χ0) is 17.9. The van der Waals surface area contributed by atoms with E-state index in [9.17, 15) is 0 Å². The Bertz CT molecular complexity index is 1010. The van der Waals surface area contributed by atoms with Gasteiger partial charge in [0.2, 0.25) is 0 Å². The van der Waals surface area contributed by atoms with Gasteiger partial charge in [-0.3, -0.25) is 5.43 Å². The van der Waals surface area contributed by atoms with Gasteiger partial charge in [-0.05, 0) is 24.1 Å². The molecule has 2 aromatic carbocycles. The van der Waals surface area contributed by atoms with Crippen molar-refractivity contribution in [1.29, 1.82) is 0 Å². The molecule has 0 saturated carbocycles.